The van der Waals surface area contributed by atoms with E-state index in [0.717, 1.165) is 16.8 Å². The summed E-state index contributed by atoms with van der Waals surface area (Å²) in [5.74, 6) is -0.688. The maximum atomic E-state index is 13.6. The maximum absolute atomic E-state index is 13.6. The summed E-state index contributed by atoms with van der Waals surface area (Å²) in [6.07, 6.45) is -0.923. The van der Waals surface area contributed by atoms with Crippen LogP contribution in [0.5, 0.6) is 5.75 Å². The number of para-hydroxylation sites is 1. The molecule has 6 nitrogen and oxygen atoms in total. The van der Waals surface area contributed by atoms with Crippen LogP contribution < -0.4 is 14.7 Å². The van der Waals surface area contributed by atoms with Gasteiger partial charge in [0.2, 0.25) is 5.91 Å². The summed E-state index contributed by atoms with van der Waals surface area (Å²) in [6.45, 7) is 1.97. The first-order valence-electron chi connectivity index (χ1n) is 10.3. The number of hydroxylamine groups is 1. The topological polar surface area (TPSA) is 59.1 Å². The van der Waals surface area contributed by atoms with Crippen LogP contribution in [0.25, 0.3) is 0 Å². The first-order chi connectivity index (χ1) is 15.5. The fourth-order valence-corrected chi connectivity index (χ4v) is 4.63. The molecule has 0 aromatic heterocycles. The van der Waals surface area contributed by atoms with Gasteiger partial charge in [0, 0.05) is 5.02 Å². The van der Waals surface area contributed by atoms with Gasteiger partial charge >= 0.3 is 0 Å². The molecule has 162 valence electrons. The number of amides is 2. The predicted octanol–water partition coefficient (Wildman–Crippen LogP) is 4.71. The standard InChI is InChI=1S/C25H21ClN2O4/c1-15-6-3-4-9-20(15)28-22(16-10-12-19(31-2)13-11-16)21-23(32-28)25(30)27(24(21)29)18-8-5-7-17(26)14-18/h3-14,21-23H,1-2H3/t21-,22-,23+/m0/s1. The van der Waals surface area contributed by atoms with Crippen molar-refractivity contribution in [1.82, 2.24) is 0 Å². The lowest BCUT2D eigenvalue weighted by Crippen LogP contribution is -2.37. The van der Waals surface area contributed by atoms with Crippen molar-refractivity contribution < 1.29 is 19.2 Å². The Morgan fingerprint density at radius 1 is 0.938 bits per heavy atom. The Bertz CT molecular complexity index is 1200. The number of ether oxygens (including phenoxy) is 1. The van der Waals surface area contributed by atoms with E-state index in [-0.39, 0.29) is 5.91 Å². The Morgan fingerprint density at radius 3 is 2.38 bits per heavy atom. The molecule has 0 saturated carbocycles. The van der Waals surface area contributed by atoms with E-state index in [1.54, 1.807) is 36.4 Å². The third-order valence-corrected chi connectivity index (χ3v) is 6.23. The molecule has 0 spiro atoms. The van der Waals surface area contributed by atoms with Gasteiger partial charge in [0.25, 0.3) is 5.91 Å². The van der Waals surface area contributed by atoms with E-state index in [1.165, 1.54) is 4.90 Å². The Kier molecular flexibility index (Phi) is 5.12. The third kappa shape index (κ3) is 3.23. The van der Waals surface area contributed by atoms with Crippen molar-refractivity contribution >= 4 is 34.8 Å². The second-order valence-corrected chi connectivity index (χ2v) is 8.31. The number of aryl methyl sites for hydroxylation is 1. The van der Waals surface area contributed by atoms with Crippen LogP contribution in [0.4, 0.5) is 11.4 Å². The summed E-state index contributed by atoms with van der Waals surface area (Å²) >= 11 is 6.11. The molecule has 3 aromatic rings. The second-order valence-electron chi connectivity index (χ2n) is 7.87. The number of methoxy groups -OCH3 is 1. The van der Waals surface area contributed by atoms with E-state index in [9.17, 15) is 9.59 Å². The van der Waals surface area contributed by atoms with E-state index in [1.807, 2.05) is 55.5 Å². The molecular weight excluding hydrogens is 428 g/mol. The SMILES string of the molecule is COc1ccc([C@H]2[C@@H]3C(=O)N(c4cccc(Cl)c4)C(=O)[C@@H]3ON2c2ccccc2C)cc1. The summed E-state index contributed by atoms with van der Waals surface area (Å²) in [5, 5.41) is 2.16. The number of fused-ring (bicyclic) bond motifs is 1. The zero-order chi connectivity index (χ0) is 22.4. The van der Waals surface area contributed by atoms with Crippen molar-refractivity contribution in [3.8, 4) is 5.75 Å². The van der Waals surface area contributed by atoms with Crippen LogP contribution in [-0.2, 0) is 14.4 Å². The van der Waals surface area contributed by atoms with Gasteiger partial charge in [-0.1, -0.05) is 48.0 Å². The molecular formula is C25H21ClN2O4. The molecule has 0 N–H and O–H groups in total. The molecule has 0 unspecified atom stereocenters. The van der Waals surface area contributed by atoms with Gasteiger partial charge in [-0.3, -0.25) is 14.4 Å². The number of anilines is 2. The van der Waals surface area contributed by atoms with Crippen molar-refractivity contribution in [2.24, 2.45) is 5.92 Å². The van der Waals surface area contributed by atoms with Crippen LogP contribution in [0, 0.1) is 12.8 Å². The number of carbonyl (C=O) groups is 2. The summed E-state index contributed by atoms with van der Waals surface area (Å²) in [4.78, 5) is 34.3. The lowest BCUT2D eigenvalue weighted by atomic mass is 9.90. The van der Waals surface area contributed by atoms with Gasteiger partial charge in [-0.2, -0.15) is 0 Å². The Hall–Kier alpha value is -3.35. The molecule has 7 heteroatoms. The van der Waals surface area contributed by atoms with Crippen LogP contribution >= 0.6 is 11.6 Å². The Morgan fingerprint density at radius 2 is 1.69 bits per heavy atom. The smallest absolute Gasteiger partial charge is 0.266 e. The first kappa shape index (κ1) is 20.5. The molecule has 2 heterocycles. The maximum Gasteiger partial charge on any atom is 0.266 e. The molecule has 2 aliphatic heterocycles. The summed E-state index contributed by atoms with van der Waals surface area (Å²) in [7, 11) is 1.60. The number of rotatable bonds is 4. The van der Waals surface area contributed by atoms with Gasteiger partial charge in [0.1, 0.15) is 11.7 Å². The van der Waals surface area contributed by atoms with Gasteiger partial charge < -0.3 is 4.74 Å². The molecule has 32 heavy (non-hydrogen) atoms. The van der Waals surface area contributed by atoms with E-state index in [4.69, 9.17) is 21.2 Å². The number of hydrogen-bond acceptors (Lipinski definition) is 5. The van der Waals surface area contributed by atoms with Crippen molar-refractivity contribution in [1.29, 1.82) is 0 Å². The fourth-order valence-electron chi connectivity index (χ4n) is 4.44. The molecule has 0 aliphatic carbocycles. The highest BCUT2D eigenvalue weighted by Crippen LogP contribution is 2.48. The van der Waals surface area contributed by atoms with Crippen LogP contribution in [0.2, 0.25) is 5.02 Å². The third-order valence-electron chi connectivity index (χ3n) is 5.99. The fraction of sp³-hybridized carbons (Fsp3) is 0.200. The van der Waals surface area contributed by atoms with E-state index in [2.05, 4.69) is 0 Å². The van der Waals surface area contributed by atoms with E-state index < -0.39 is 24.0 Å². The monoisotopic (exact) mass is 448 g/mol. The number of halogens is 1. The highest BCUT2D eigenvalue weighted by atomic mass is 35.5. The molecule has 2 amide bonds. The van der Waals surface area contributed by atoms with Crippen molar-refractivity contribution in [3.05, 3.63) is 88.9 Å². The Balaban J connectivity index is 1.60. The molecule has 3 atom stereocenters. The quantitative estimate of drug-likeness (QED) is 0.541. The van der Waals surface area contributed by atoms with E-state index >= 15 is 0 Å². The van der Waals surface area contributed by atoms with Crippen LogP contribution in [0.3, 0.4) is 0 Å². The van der Waals surface area contributed by atoms with Gasteiger partial charge in [-0.05, 0) is 54.4 Å². The highest BCUT2D eigenvalue weighted by Gasteiger charge is 2.60. The van der Waals surface area contributed by atoms with Crippen LogP contribution in [0.15, 0.2) is 72.8 Å². The summed E-state index contributed by atoms with van der Waals surface area (Å²) in [6, 6.07) is 21.5. The largest absolute Gasteiger partial charge is 0.497 e. The summed E-state index contributed by atoms with van der Waals surface area (Å²) in [5.41, 5.74) is 3.10. The molecule has 2 saturated heterocycles. The molecule has 2 aliphatic rings. The molecule has 2 fully saturated rings. The molecule has 0 bridgehead atoms. The summed E-state index contributed by atoms with van der Waals surface area (Å²) < 4.78 is 5.29. The molecule has 3 aromatic carbocycles. The van der Waals surface area contributed by atoms with Crippen molar-refractivity contribution in [2.75, 3.05) is 17.1 Å². The van der Waals surface area contributed by atoms with Crippen molar-refractivity contribution in [3.63, 3.8) is 0 Å². The zero-order valence-electron chi connectivity index (χ0n) is 17.6. The average Bonchev–Trinajstić information content (AvgIpc) is 3.30. The van der Waals surface area contributed by atoms with Crippen LogP contribution in [0.1, 0.15) is 17.2 Å². The minimum atomic E-state index is -0.923. The van der Waals surface area contributed by atoms with Gasteiger partial charge in [-0.15, -0.1) is 0 Å². The van der Waals surface area contributed by atoms with Gasteiger partial charge in [0.05, 0.1) is 24.5 Å². The van der Waals surface area contributed by atoms with Gasteiger partial charge in [-0.25, -0.2) is 9.96 Å². The number of nitrogens with zero attached hydrogens (tertiary/aromatic N) is 2. The van der Waals surface area contributed by atoms with Crippen LogP contribution in [-0.4, -0.2) is 25.0 Å². The number of carbonyl (C=O) groups excluding carboxylic acids is 2. The average molecular weight is 449 g/mol. The predicted molar refractivity (Wildman–Crippen MR) is 122 cm³/mol. The second kappa shape index (κ2) is 7.97. The van der Waals surface area contributed by atoms with E-state index in [0.29, 0.717) is 16.5 Å². The minimum absolute atomic E-state index is 0.306. The molecule has 0 radical (unpaired) electrons. The zero-order valence-corrected chi connectivity index (χ0v) is 18.3. The number of hydrogen-bond donors (Lipinski definition) is 0. The Labute approximate surface area is 190 Å². The lowest BCUT2D eigenvalue weighted by Gasteiger charge is -2.29. The van der Waals surface area contributed by atoms with Gasteiger partial charge in [0.15, 0.2) is 6.10 Å². The first-order valence-corrected chi connectivity index (χ1v) is 10.7. The normalized spacial score (nSPS) is 22.4. The lowest BCUT2D eigenvalue weighted by molar-refractivity contribution is -0.126. The minimum Gasteiger partial charge on any atom is -0.497 e. The van der Waals surface area contributed by atoms with Crippen molar-refractivity contribution in [2.45, 2.75) is 19.1 Å². The molecule has 5 rings (SSSR count). The number of benzene rings is 3. The highest BCUT2D eigenvalue weighted by molar-refractivity contribution is 6.31. The number of imide groups is 1.